The first kappa shape index (κ1) is 13.6. The van der Waals surface area contributed by atoms with Gasteiger partial charge in [-0.1, -0.05) is 0 Å². The first-order valence-corrected chi connectivity index (χ1v) is 9.08. The van der Waals surface area contributed by atoms with E-state index in [0.717, 1.165) is 30.7 Å². The van der Waals surface area contributed by atoms with E-state index in [0.29, 0.717) is 12.0 Å². The summed E-state index contributed by atoms with van der Waals surface area (Å²) in [6, 6.07) is 4.05. The second kappa shape index (κ2) is 5.97. The molecule has 2 atom stereocenters. The van der Waals surface area contributed by atoms with Gasteiger partial charge in [-0.05, 0) is 43.6 Å². The first-order valence-electron chi connectivity index (χ1n) is 7.92. The molecule has 0 aliphatic carbocycles. The molecule has 0 bridgehead atoms. The van der Waals surface area contributed by atoms with E-state index in [-0.39, 0.29) is 0 Å². The van der Waals surface area contributed by atoms with Crippen molar-refractivity contribution in [2.45, 2.75) is 44.2 Å². The van der Waals surface area contributed by atoms with E-state index in [4.69, 9.17) is 9.72 Å². The first-order chi connectivity index (χ1) is 10.4. The molecule has 4 nitrogen and oxygen atoms in total. The van der Waals surface area contributed by atoms with Gasteiger partial charge >= 0.3 is 0 Å². The Bertz CT molecular complexity index is 615. The molecule has 0 aromatic carbocycles. The van der Waals surface area contributed by atoms with Crippen LogP contribution in [0.25, 0.3) is 11.2 Å². The molecule has 2 aromatic heterocycles. The predicted octanol–water partition coefficient (Wildman–Crippen LogP) is 3.22. The largest absolute Gasteiger partial charge is 0.376 e. The lowest BCUT2D eigenvalue weighted by Gasteiger charge is -2.23. The minimum Gasteiger partial charge on any atom is -0.376 e. The number of rotatable bonds is 3. The van der Waals surface area contributed by atoms with Gasteiger partial charge in [-0.3, -0.25) is 0 Å². The van der Waals surface area contributed by atoms with Gasteiger partial charge < -0.3 is 9.30 Å². The monoisotopic (exact) mass is 303 g/mol. The topological polar surface area (TPSA) is 39.9 Å². The van der Waals surface area contributed by atoms with E-state index in [2.05, 4.69) is 27.4 Å². The maximum atomic E-state index is 5.84. The van der Waals surface area contributed by atoms with Gasteiger partial charge in [0, 0.05) is 24.5 Å². The third-order valence-corrected chi connectivity index (χ3v) is 5.68. The average molecular weight is 303 g/mol. The zero-order chi connectivity index (χ0) is 14.1. The van der Waals surface area contributed by atoms with Gasteiger partial charge in [0.25, 0.3) is 0 Å². The van der Waals surface area contributed by atoms with Crippen LogP contribution >= 0.6 is 11.8 Å². The van der Waals surface area contributed by atoms with Crippen LogP contribution in [0.5, 0.6) is 0 Å². The van der Waals surface area contributed by atoms with Crippen LogP contribution in [0.2, 0.25) is 0 Å². The van der Waals surface area contributed by atoms with Crippen molar-refractivity contribution in [3.63, 3.8) is 0 Å². The Labute approximate surface area is 129 Å². The lowest BCUT2D eigenvalue weighted by molar-refractivity contribution is 0.0968. The van der Waals surface area contributed by atoms with Crippen LogP contribution in [0.4, 0.5) is 0 Å². The van der Waals surface area contributed by atoms with Crippen LogP contribution in [0.3, 0.4) is 0 Å². The van der Waals surface area contributed by atoms with Crippen molar-refractivity contribution in [2.75, 3.05) is 18.1 Å². The predicted molar refractivity (Wildman–Crippen MR) is 85.8 cm³/mol. The van der Waals surface area contributed by atoms with Crippen LogP contribution in [0.1, 0.15) is 37.4 Å². The molecule has 5 heteroatoms. The van der Waals surface area contributed by atoms with Gasteiger partial charge in [-0.2, -0.15) is 11.8 Å². The fourth-order valence-corrected chi connectivity index (χ4v) is 4.54. The second-order valence-electron chi connectivity index (χ2n) is 5.98. The van der Waals surface area contributed by atoms with E-state index in [1.54, 1.807) is 0 Å². The molecule has 4 heterocycles. The summed E-state index contributed by atoms with van der Waals surface area (Å²) >= 11 is 2.05. The molecule has 112 valence electrons. The van der Waals surface area contributed by atoms with Crippen molar-refractivity contribution in [1.29, 1.82) is 0 Å². The zero-order valence-corrected chi connectivity index (χ0v) is 13.0. The standard InChI is InChI=1S/C16H21N3OS/c1-6-14-16(17-7-1)19(10-13-5-2-8-20-13)15(18-14)12-4-3-9-21-11-12/h1,6-7,12-13H,2-5,8-11H2. The number of fused-ring (bicyclic) bond motifs is 1. The third kappa shape index (κ3) is 2.69. The highest BCUT2D eigenvalue weighted by Gasteiger charge is 2.25. The fourth-order valence-electron chi connectivity index (χ4n) is 3.40. The Morgan fingerprint density at radius 3 is 3.14 bits per heavy atom. The Morgan fingerprint density at radius 2 is 2.33 bits per heavy atom. The molecule has 2 unspecified atom stereocenters. The molecule has 0 N–H and O–H groups in total. The summed E-state index contributed by atoms with van der Waals surface area (Å²) in [6.45, 7) is 1.81. The van der Waals surface area contributed by atoms with Crippen LogP contribution in [0, 0.1) is 0 Å². The molecule has 21 heavy (non-hydrogen) atoms. The summed E-state index contributed by atoms with van der Waals surface area (Å²) in [6.07, 6.45) is 7.09. The molecule has 4 rings (SSSR count). The number of nitrogens with zero attached hydrogens (tertiary/aromatic N) is 3. The van der Waals surface area contributed by atoms with Gasteiger partial charge in [0.05, 0.1) is 12.6 Å². The lowest BCUT2D eigenvalue weighted by atomic mass is 10.0. The van der Waals surface area contributed by atoms with Gasteiger partial charge in [-0.25, -0.2) is 9.97 Å². The Morgan fingerprint density at radius 1 is 1.33 bits per heavy atom. The molecule has 2 saturated heterocycles. The number of ether oxygens (including phenoxy) is 1. The van der Waals surface area contributed by atoms with Gasteiger partial charge in [-0.15, -0.1) is 0 Å². The second-order valence-corrected chi connectivity index (χ2v) is 7.13. The van der Waals surface area contributed by atoms with Crippen molar-refractivity contribution in [3.05, 3.63) is 24.2 Å². The van der Waals surface area contributed by atoms with Crippen LogP contribution in [-0.4, -0.2) is 38.8 Å². The molecule has 0 amide bonds. The van der Waals surface area contributed by atoms with Gasteiger partial charge in [0.1, 0.15) is 11.3 Å². The van der Waals surface area contributed by atoms with E-state index in [9.17, 15) is 0 Å². The number of imidazole rings is 1. The van der Waals surface area contributed by atoms with Crippen molar-refractivity contribution >= 4 is 22.9 Å². The zero-order valence-electron chi connectivity index (χ0n) is 12.2. The normalized spacial score (nSPS) is 26.5. The molecule has 0 radical (unpaired) electrons. The van der Waals surface area contributed by atoms with Crippen molar-refractivity contribution in [1.82, 2.24) is 14.5 Å². The smallest absolute Gasteiger partial charge is 0.160 e. The number of thioether (sulfide) groups is 1. The minimum absolute atomic E-state index is 0.333. The number of hydrogen-bond donors (Lipinski definition) is 0. The Hall–Kier alpha value is -1.07. The molecule has 2 aliphatic heterocycles. The molecule has 2 fully saturated rings. The van der Waals surface area contributed by atoms with Crippen LogP contribution in [-0.2, 0) is 11.3 Å². The highest BCUT2D eigenvalue weighted by atomic mass is 32.2. The summed E-state index contributed by atoms with van der Waals surface area (Å²) in [5.74, 6) is 4.28. The molecule has 2 aliphatic rings. The summed E-state index contributed by atoms with van der Waals surface area (Å²) < 4.78 is 8.17. The number of hydrogen-bond acceptors (Lipinski definition) is 4. The SMILES string of the molecule is c1cnc2c(c1)nc(C1CCCSC1)n2CC1CCCO1. The van der Waals surface area contributed by atoms with E-state index in [1.807, 2.05) is 12.3 Å². The van der Waals surface area contributed by atoms with Crippen molar-refractivity contribution in [3.8, 4) is 0 Å². The minimum atomic E-state index is 0.333. The van der Waals surface area contributed by atoms with Crippen LogP contribution < -0.4 is 0 Å². The maximum absolute atomic E-state index is 5.84. The quantitative estimate of drug-likeness (QED) is 0.873. The molecular formula is C16H21N3OS. The summed E-state index contributed by atoms with van der Waals surface area (Å²) in [7, 11) is 0. The summed E-state index contributed by atoms with van der Waals surface area (Å²) in [5.41, 5.74) is 2.06. The van der Waals surface area contributed by atoms with Gasteiger partial charge in [0.2, 0.25) is 0 Å². The van der Waals surface area contributed by atoms with E-state index in [1.165, 1.54) is 36.6 Å². The summed E-state index contributed by atoms with van der Waals surface area (Å²) in [5, 5.41) is 0. The molecular weight excluding hydrogens is 282 g/mol. The fraction of sp³-hybridized carbons (Fsp3) is 0.625. The maximum Gasteiger partial charge on any atom is 0.160 e. The Balaban J connectivity index is 1.72. The van der Waals surface area contributed by atoms with E-state index < -0.39 is 0 Å². The van der Waals surface area contributed by atoms with Gasteiger partial charge in [0.15, 0.2) is 5.65 Å². The van der Waals surface area contributed by atoms with Crippen LogP contribution in [0.15, 0.2) is 18.3 Å². The highest BCUT2D eigenvalue weighted by Crippen LogP contribution is 2.32. The van der Waals surface area contributed by atoms with Crippen molar-refractivity contribution < 1.29 is 4.74 Å². The van der Waals surface area contributed by atoms with Crippen molar-refractivity contribution in [2.24, 2.45) is 0 Å². The molecule has 2 aromatic rings. The molecule has 0 spiro atoms. The number of aromatic nitrogens is 3. The Kier molecular flexibility index (Phi) is 3.86. The highest BCUT2D eigenvalue weighted by molar-refractivity contribution is 7.99. The lowest BCUT2D eigenvalue weighted by Crippen LogP contribution is -2.21. The number of pyridine rings is 1. The average Bonchev–Trinajstić information content (AvgIpc) is 3.17. The molecule has 0 saturated carbocycles. The third-order valence-electron chi connectivity index (χ3n) is 4.47. The summed E-state index contributed by atoms with van der Waals surface area (Å²) in [4.78, 5) is 9.49. The van der Waals surface area contributed by atoms with E-state index >= 15 is 0 Å².